The van der Waals surface area contributed by atoms with Gasteiger partial charge in [-0.3, -0.25) is 0 Å². The van der Waals surface area contributed by atoms with Gasteiger partial charge in [-0.1, -0.05) is 12.1 Å². The Labute approximate surface area is 126 Å². The van der Waals surface area contributed by atoms with Crippen molar-refractivity contribution in [3.63, 3.8) is 0 Å². The number of nitrogens with zero attached hydrogens (tertiary/aromatic N) is 2. The predicted octanol–water partition coefficient (Wildman–Crippen LogP) is 3.19. The Morgan fingerprint density at radius 2 is 2.00 bits per heavy atom. The summed E-state index contributed by atoms with van der Waals surface area (Å²) >= 11 is 0. The van der Waals surface area contributed by atoms with Crippen molar-refractivity contribution in [2.75, 3.05) is 18.0 Å². The lowest BCUT2D eigenvalue weighted by Gasteiger charge is -2.36. The van der Waals surface area contributed by atoms with Gasteiger partial charge in [0.2, 0.25) is 0 Å². The lowest BCUT2D eigenvalue weighted by atomic mass is 10.2. The average Bonchev–Trinajstić information content (AvgIpc) is 2.96. The van der Waals surface area contributed by atoms with E-state index in [0.29, 0.717) is 6.04 Å². The van der Waals surface area contributed by atoms with Gasteiger partial charge in [0.05, 0.1) is 6.04 Å². The fourth-order valence-electron chi connectivity index (χ4n) is 3.33. The number of rotatable bonds is 1. The largest absolute Gasteiger partial charge is 0.444 e. The molecule has 0 aromatic heterocycles. The van der Waals surface area contributed by atoms with Gasteiger partial charge in [-0.25, -0.2) is 4.79 Å². The third kappa shape index (κ3) is 2.85. The van der Waals surface area contributed by atoms with Crippen LogP contribution < -0.4 is 4.90 Å². The zero-order chi connectivity index (χ0) is 15.2. The van der Waals surface area contributed by atoms with Gasteiger partial charge < -0.3 is 14.5 Å². The second-order valence-corrected chi connectivity index (χ2v) is 7.17. The summed E-state index contributed by atoms with van der Waals surface area (Å²) in [5.74, 6) is 0. The fourth-order valence-corrected chi connectivity index (χ4v) is 3.33. The molecule has 2 fully saturated rings. The van der Waals surface area contributed by atoms with E-state index in [1.807, 2.05) is 25.7 Å². The van der Waals surface area contributed by atoms with Gasteiger partial charge in [-0.15, -0.1) is 0 Å². The molecule has 21 heavy (non-hydrogen) atoms. The molecule has 1 amide bonds. The number of carbonyl (C=O) groups excluding carboxylic acids is 1. The third-order valence-electron chi connectivity index (χ3n) is 4.20. The molecule has 0 saturated carbocycles. The number of piperazine rings is 1. The summed E-state index contributed by atoms with van der Waals surface area (Å²) in [4.78, 5) is 16.6. The zero-order valence-electron chi connectivity index (χ0n) is 13.3. The molecule has 2 aliphatic rings. The van der Waals surface area contributed by atoms with Crippen molar-refractivity contribution in [3.05, 3.63) is 29.8 Å². The second kappa shape index (κ2) is 4.93. The van der Waals surface area contributed by atoms with Crippen LogP contribution in [0.4, 0.5) is 10.5 Å². The van der Waals surface area contributed by atoms with Gasteiger partial charge in [-0.05, 0) is 51.8 Å². The highest BCUT2D eigenvalue weighted by atomic mass is 16.6. The molecule has 2 bridgehead atoms. The number of ether oxygens (including phenoxy) is 1. The first-order valence-electron chi connectivity index (χ1n) is 7.66. The lowest BCUT2D eigenvalue weighted by molar-refractivity contribution is 0.0215. The molecule has 114 valence electrons. The molecule has 1 aromatic carbocycles. The maximum absolute atomic E-state index is 12.2. The van der Waals surface area contributed by atoms with Crippen LogP contribution in [-0.4, -0.2) is 41.8 Å². The molecule has 0 unspecified atom stereocenters. The summed E-state index contributed by atoms with van der Waals surface area (Å²) in [5.41, 5.74) is 2.13. The highest BCUT2D eigenvalue weighted by molar-refractivity contribution is 5.70. The van der Waals surface area contributed by atoms with Crippen molar-refractivity contribution in [2.24, 2.45) is 0 Å². The first-order valence-corrected chi connectivity index (χ1v) is 7.66. The van der Waals surface area contributed by atoms with E-state index >= 15 is 0 Å². The minimum atomic E-state index is -0.421. The van der Waals surface area contributed by atoms with Crippen LogP contribution in [0, 0.1) is 6.92 Å². The summed E-state index contributed by atoms with van der Waals surface area (Å²) in [5, 5.41) is 0. The summed E-state index contributed by atoms with van der Waals surface area (Å²) in [6.45, 7) is 9.54. The molecule has 0 N–H and O–H groups in total. The van der Waals surface area contributed by atoms with Crippen LogP contribution in [0.1, 0.15) is 32.8 Å². The van der Waals surface area contributed by atoms with E-state index in [1.165, 1.54) is 11.3 Å². The molecule has 0 spiro atoms. The summed E-state index contributed by atoms with van der Waals surface area (Å²) < 4.78 is 5.50. The number of carbonyl (C=O) groups is 1. The molecule has 4 heteroatoms. The topological polar surface area (TPSA) is 32.8 Å². The van der Waals surface area contributed by atoms with Crippen LogP contribution in [0.5, 0.6) is 0 Å². The third-order valence-corrected chi connectivity index (χ3v) is 4.20. The molecule has 3 rings (SSSR count). The minimum absolute atomic E-state index is 0.168. The van der Waals surface area contributed by atoms with Gasteiger partial charge in [0.1, 0.15) is 5.60 Å². The number of hydrogen-bond acceptors (Lipinski definition) is 3. The first kappa shape index (κ1) is 14.2. The van der Waals surface area contributed by atoms with E-state index in [2.05, 4.69) is 36.1 Å². The molecule has 4 nitrogen and oxygen atoms in total. The van der Waals surface area contributed by atoms with Gasteiger partial charge in [0.25, 0.3) is 0 Å². The van der Waals surface area contributed by atoms with Crippen molar-refractivity contribution in [3.8, 4) is 0 Å². The number of likely N-dealkylation sites (tertiary alicyclic amines) is 1. The summed E-state index contributed by atoms with van der Waals surface area (Å²) in [6.07, 6.45) is 0.881. The van der Waals surface area contributed by atoms with E-state index in [4.69, 9.17) is 4.74 Å². The van der Waals surface area contributed by atoms with Gasteiger partial charge in [0.15, 0.2) is 0 Å². The summed E-state index contributed by atoms with van der Waals surface area (Å²) in [7, 11) is 0. The normalized spacial score (nSPS) is 24.6. The molecule has 2 saturated heterocycles. The smallest absolute Gasteiger partial charge is 0.410 e. The van der Waals surface area contributed by atoms with E-state index in [9.17, 15) is 4.79 Å². The Balaban J connectivity index is 1.68. The maximum atomic E-state index is 12.2. The number of hydrogen-bond donors (Lipinski definition) is 0. The lowest BCUT2D eigenvalue weighted by Crippen LogP contribution is -2.50. The summed E-state index contributed by atoms with van der Waals surface area (Å²) in [6, 6.07) is 9.30. The van der Waals surface area contributed by atoms with Crippen LogP contribution in [0.15, 0.2) is 24.3 Å². The molecule has 1 aromatic rings. The molecule has 2 aliphatic heterocycles. The van der Waals surface area contributed by atoms with Gasteiger partial charge in [-0.2, -0.15) is 0 Å². The van der Waals surface area contributed by atoms with Crippen LogP contribution in [0.25, 0.3) is 0 Å². The highest BCUT2D eigenvalue weighted by Crippen LogP contribution is 2.35. The standard InChI is InChI=1S/C17H24N2O2/c1-12-6-5-7-13(8-12)18-10-15-9-14(18)11-19(15)16(20)21-17(2,3)4/h5-8,14-15H,9-11H2,1-4H3/t14-,15-/m0/s1. The Morgan fingerprint density at radius 3 is 2.57 bits per heavy atom. The van der Waals surface area contributed by atoms with Gasteiger partial charge >= 0.3 is 6.09 Å². The second-order valence-electron chi connectivity index (χ2n) is 7.17. The molecule has 2 heterocycles. The molecule has 0 radical (unpaired) electrons. The highest BCUT2D eigenvalue weighted by Gasteiger charge is 2.46. The van der Waals surface area contributed by atoms with E-state index in [1.54, 1.807) is 0 Å². The fraction of sp³-hybridized carbons (Fsp3) is 0.588. The van der Waals surface area contributed by atoms with Crippen molar-refractivity contribution in [1.29, 1.82) is 0 Å². The zero-order valence-corrected chi connectivity index (χ0v) is 13.3. The first-order chi connectivity index (χ1) is 9.83. The van der Waals surface area contributed by atoms with Crippen LogP contribution >= 0.6 is 0 Å². The van der Waals surface area contributed by atoms with E-state index in [0.717, 1.165) is 19.5 Å². The number of amides is 1. The Hall–Kier alpha value is -1.71. The Morgan fingerprint density at radius 1 is 1.24 bits per heavy atom. The van der Waals surface area contributed by atoms with Crippen molar-refractivity contribution >= 4 is 11.8 Å². The monoisotopic (exact) mass is 288 g/mol. The minimum Gasteiger partial charge on any atom is -0.444 e. The van der Waals surface area contributed by atoms with Crippen LogP contribution in [0.2, 0.25) is 0 Å². The van der Waals surface area contributed by atoms with Crippen LogP contribution in [-0.2, 0) is 4.74 Å². The number of benzene rings is 1. The van der Waals surface area contributed by atoms with Crippen LogP contribution in [0.3, 0.4) is 0 Å². The Kier molecular flexibility index (Phi) is 3.34. The van der Waals surface area contributed by atoms with Gasteiger partial charge in [0, 0.05) is 24.8 Å². The van der Waals surface area contributed by atoms with E-state index < -0.39 is 5.60 Å². The predicted molar refractivity (Wildman–Crippen MR) is 83.7 cm³/mol. The van der Waals surface area contributed by atoms with E-state index in [-0.39, 0.29) is 12.1 Å². The SMILES string of the molecule is Cc1cccc(N2C[C@@H]3C[C@H]2CN3C(=O)OC(C)(C)C)c1. The van der Waals surface area contributed by atoms with Crippen molar-refractivity contribution in [1.82, 2.24) is 4.90 Å². The molecule has 0 aliphatic carbocycles. The molecular formula is C17H24N2O2. The number of aryl methyl sites for hydroxylation is 1. The molecule has 2 atom stereocenters. The van der Waals surface area contributed by atoms with Crippen molar-refractivity contribution < 1.29 is 9.53 Å². The average molecular weight is 288 g/mol. The number of anilines is 1. The Bertz CT molecular complexity index is 550. The van der Waals surface area contributed by atoms with Crippen molar-refractivity contribution in [2.45, 2.75) is 51.8 Å². The molecular weight excluding hydrogens is 264 g/mol. The number of fused-ring (bicyclic) bond motifs is 2. The quantitative estimate of drug-likeness (QED) is 0.795. The maximum Gasteiger partial charge on any atom is 0.410 e.